The quantitative estimate of drug-likeness (QED) is 0.807. The minimum absolute atomic E-state index is 0.187. The Morgan fingerprint density at radius 1 is 1.16 bits per heavy atom. The molecule has 0 atom stereocenters. The van der Waals surface area contributed by atoms with Gasteiger partial charge in [0.15, 0.2) is 0 Å². The summed E-state index contributed by atoms with van der Waals surface area (Å²) in [5, 5.41) is 0. The smallest absolute Gasteiger partial charge is 0.409 e. The van der Waals surface area contributed by atoms with Gasteiger partial charge in [-0.3, -0.25) is 0 Å². The summed E-state index contributed by atoms with van der Waals surface area (Å²) in [5.41, 5.74) is 4.56. The number of amides is 1. The first-order valence-corrected chi connectivity index (χ1v) is 9.45. The van der Waals surface area contributed by atoms with Gasteiger partial charge in [0.1, 0.15) is 0 Å². The maximum atomic E-state index is 11.9. The van der Waals surface area contributed by atoms with Crippen LogP contribution in [0.3, 0.4) is 0 Å². The van der Waals surface area contributed by atoms with E-state index >= 15 is 0 Å². The summed E-state index contributed by atoms with van der Waals surface area (Å²) in [7, 11) is 0. The molecule has 0 N–H and O–H groups in total. The van der Waals surface area contributed by atoms with Crippen molar-refractivity contribution in [3.8, 4) is 0 Å². The number of hydrogen-bond donors (Lipinski definition) is 0. The highest BCUT2D eigenvalue weighted by molar-refractivity contribution is 5.78. The fraction of sp³-hybridized carbons (Fsp3) is 0.571. The fourth-order valence-electron chi connectivity index (χ4n) is 3.69. The van der Waals surface area contributed by atoms with Crippen LogP contribution in [0.5, 0.6) is 0 Å². The summed E-state index contributed by atoms with van der Waals surface area (Å²) in [5.74, 6) is 0. The normalized spacial score (nSPS) is 20.2. The first kappa shape index (κ1) is 17.8. The molecule has 1 aromatic carbocycles. The molecule has 25 heavy (non-hydrogen) atoms. The molecule has 1 fully saturated rings. The van der Waals surface area contributed by atoms with Crippen LogP contribution in [0.4, 0.5) is 10.5 Å². The average Bonchev–Trinajstić information content (AvgIpc) is 2.62. The number of carbonyl (C=O) groups is 1. The summed E-state index contributed by atoms with van der Waals surface area (Å²) in [6.45, 7) is 10.1. The van der Waals surface area contributed by atoms with Gasteiger partial charge in [0.25, 0.3) is 0 Å². The van der Waals surface area contributed by atoms with Gasteiger partial charge in [-0.25, -0.2) is 4.79 Å². The minimum Gasteiger partial charge on any atom is -0.450 e. The Bertz CT molecular complexity index is 643. The largest absolute Gasteiger partial charge is 0.450 e. The summed E-state index contributed by atoms with van der Waals surface area (Å²) in [4.78, 5) is 16.1. The van der Waals surface area contributed by atoms with Crippen LogP contribution in [0.15, 0.2) is 30.3 Å². The van der Waals surface area contributed by atoms with Crippen molar-refractivity contribution in [1.29, 1.82) is 0 Å². The van der Waals surface area contributed by atoms with Gasteiger partial charge in [-0.2, -0.15) is 0 Å². The standard InChI is InChI=1S/C21H30N2O2/c1-4-25-20(24)23-15-13-22(14-16-23)19-8-6-5-7-18(19)17-9-11-21(2,3)12-10-17/h5-9H,4,10-16H2,1-3H3. The molecule has 1 aliphatic heterocycles. The number of allylic oxidation sites excluding steroid dienone is 2. The number of anilines is 1. The summed E-state index contributed by atoms with van der Waals surface area (Å²) in [6.07, 6.45) is 5.77. The summed E-state index contributed by atoms with van der Waals surface area (Å²) < 4.78 is 5.12. The predicted molar refractivity (Wildman–Crippen MR) is 103 cm³/mol. The third-order valence-corrected chi connectivity index (χ3v) is 5.37. The van der Waals surface area contributed by atoms with Crippen LogP contribution in [-0.4, -0.2) is 43.8 Å². The van der Waals surface area contributed by atoms with Gasteiger partial charge in [-0.05, 0) is 43.2 Å². The van der Waals surface area contributed by atoms with Gasteiger partial charge in [-0.15, -0.1) is 0 Å². The fourth-order valence-corrected chi connectivity index (χ4v) is 3.69. The number of nitrogens with zero attached hydrogens (tertiary/aromatic N) is 2. The molecule has 1 aromatic rings. The van der Waals surface area contributed by atoms with Gasteiger partial charge in [0, 0.05) is 37.4 Å². The molecule has 3 rings (SSSR count). The van der Waals surface area contributed by atoms with Gasteiger partial charge in [0.2, 0.25) is 0 Å². The van der Waals surface area contributed by atoms with Crippen LogP contribution < -0.4 is 4.90 Å². The molecule has 0 radical (unpaired) electrons. The molecule has 4 nitrogen and oxygen atoms in total. The van der Waals surface area contributed by atoms with E-state index in [1.165, 1.54) is 23.2 Å². The molecule has 1 amide bonds. The van der Waals surface area contributed by atoms with E-state index in [2.05, 4.69) is 49.1 Å². The molecule has 0 spiro atoms. The lowest BCUT2D eigenvalue weighted by Crippen LogP contribution is -2.49. The number of benzene rings is 1. The highest BCUT2D eigenvalue weighted by atomic mass is 16.6. The molecular formula is C21H30N2O2. The van der Waals surface area contributed by atoms with Crippen molar-refractivity contribution in [2.75, 3.05) is 37.7 Å². The lowest BCUT2D eigenvalue weighted by Gasteiger charge is -2.37. The van der Waals surface area contributed by atoms with Crippen molar-refractivity contribution < 1.29 is 9.53 Å². The summed E-state index contributed by atoms with van der Waals surface area (Å²) >= 11 is 0. The molecule has 0 unspecified atom stereocenters. The Balaban J connectivity index is 1.72. The monoisotopic (exact) mass is 342 g/mol. The first-order chi connectivity index (χ1) is 12.0. The van der Waals surface area contributed by atoms with Gasteiger partial charge in [0.05, 0.1) is 6.61 Å². The molecule has 4 heteroatoms. The van der Waals surface area contributed by atoms with Gasteiger partial charge < -0.3 is 14.5 Å². The third-order valence-electron chi connectivity index (χ3n) is 5.37. The third kappa shape index (κ3) is 4.17. The van der Waals surface area contributed by atoms with Crippen molar-refractivity contribution >= 4 is 17.4 Å². The highest BCUT2D eigenvalue weighted by Gasteiger charge is 2.26. The maximum absolute atomic E-state index is 11.9. The SMILES string of the molecule is CCOC(=O)N1CCN(c2ccccc2C2=CCC(C)(C)CC2)CC1. The second-order valence-electron chi connectivity index (χ2n) is 7.79. The van der Waals surface area contributed by atoms with E-state index in [4.69, 9.17) is 4.74 Å². The molecule has 2 aliphatic rings. The second-order valence-corrected chi connectivity index (χ2v) is 7.79. The number of piperazine rings is 1. The number of para-hydroxylation sites is 1. The van der Waals surface area contributed by atoms with Gasteiger partial charge >= 0.3 is 6.09 Å². The van der Waals surface area contributed by atoms with E-state index in [1.54, 1.807) is 0 Å². The molecule has 136 valence electrons. The zero-order valence-electron chi connectivity index (χ0n) is 15.8. The lowest BCUT2D eigenvalue weighted by atomic mass is 9.77. The lowest BCUT2D eigenvalue weighted by molar-refractivity contribution is 0.105. The predicted octanol–water partition coefficient (Wildman–Crippen LogP) is 4.56. The first-order valence-electron chi connectivity index (χ1n) is 9.45. The molecule has 1 heterocycles. The van der Waals surface area contributed by atoms with E-state index in [-0.39, 0.29) is 6.09 Å². The van der Waals surface area contributed by atoms with Crippen molar-refractivity contribution in [2.24, 2.45) is 5.41 Å². The van der Waals surface area contributed by atoms with Crippen LogP contribution in [0.25, 0.3) is 5.57 Å². The van der Waals surface area contributed by atoms with Crippen LogP contribution in [0, 0.1) is 5.41 Å². The van der Waals surface area contributed by atoms with Crippen molar-refractivity contribution in [1.82, 2.24) is 4.90 Å². The second kappa shape index (κ2) is 7.51. The molecule has 0 saturated carbocycles. The van der Waals surface area contributed by atoms with Gasteiger partial charge in [-0.1, -0.05) is 38.1 Å². The van der Waals surface area contributed by atoms with Crippen molar-refractivity contribution in [3.63, 3.8) is 0 Å². The van der Waals surface area contributed by atoms with E-state index in [0.29, 0.717) is 12.0 Å². The Morgan fingerprint density at radius 3 is 2.52 bits per heavy atom. The molecule has 0 aromatic heterocycles. The van der Waals surface area contributed by atoms with E-state index in [1.807, 2.05) is 11.8 Å². The van der Waals surface area contributed by atoms with Crippen LogP contribution in [-0.2, 0) is 4.74 Å². The summed E-state index contributed by atoms with van der Waals surface area (Å²) in [6, 6.07) is 8.71. The Labute approximate surface area is 151 Å². The van der Waals surface area contributed by atoms with E-state index in [0.717, 1.165) is 39.0 Å². The zero-order valence-corrected chi connectivity index (χ0v) is 15.8. The topological polar surface area (TPSA) is 32.8 Å². The Morgan fingerprint density at radius 2 is 1.88 bits per heavy atom. The van der Waals surface area contributed by atoms with E-state index < -0.39 is 0 Å². The van der Waals surface area contributed by atoms with Crippen LogP contribution in [0.1, 0.15) is 45.6 Å². The number of rotatable bonds is 3. The van der Waals surface area contributed by atoms with Crippen LogP contribution >= 0.6 is 0 Å². The number of ether oxygens (including phenoxy) is 1. The molecule has 1 aliphatic carbocycles. The van der Waals surface area contributed by atoms with Crippen LogP contribution in [0.2, 0.25) is 0 Å². The Hall–Kier alpha value is -1.97. The molecule has 1 saturated heterocycles. The number of hydrogen-bond acceptors (Lipinski definition) is 3. The van der Waals surface area contributed by atoms with Crippen molar-refractivity contribution in [2.45, 2.75) is 40.0 Å². The zero-order chi connectivity index (χ0) is 17.9. The number of carbonyl (C=O) groups excluding carboxylic acids is 1. The average molecular weight is 342 g/mol. The molecular weight excluding hydrogens is 312 g/mol. The molecule has 0 bridgehead atoms. The highest BCUT2D eigenvalue weighted by Crippen LogP contribution is 2.40. The van der Waals surface area contributed by atoms with E-state index in [9.17, 15) is 4.79 Å². The Kier molecular flexibility index (Phi) is 5.36. The maximum Gasteiger partial charge on any atom is 0.409 e. The van der Waals surface area contributed by atoms with Crippen molar-refractivity contribution in [3.05, 3.63) is 35.9 Å². The minimum atomic E-state index is -0.187.